The van der Waals surface area contributed by atoms with Crippen molar-refractivity contribution in [2.75, 3.05) is 0 Å². The maximum atomic E-state index is 18.8. The molecule has 8 aromatic heterocycles. The summed E-state index contributed by atoms with van der Waals surface area (Å²) in [5.41, 5.74) is 8.33. The molecule has 89 heavy (non-hydrogen) atoms. The fourth-order valence-corrected chi connectivity index (χ4v) is 13.6. The molecule has 0 spiro atoms. The molecule has 0 atom stereocenters. The summed E-state index contributed by atoms with van der Waals surface area (Å²) < 4.78 is 64.2. The van der Waals surface area contributed by atoms with E-state index in [2.05, 4.69) is 62.9 Å². The summed E-state index contributed by atoms with van der Waals surface area (Å²) in [6, 6.07) is 62.1. The third-order valence-corrected chi connectivity index (χ3v) is 17.2. The Labute approximate surface area is 505 Å². The predicted molar refractivity (Wildman–Crippen MR) is 347 cm³/mol. The zero-order valence-electron chi connectivity index (χ0n) is 47.7. The molecule has 0 fully saturated rings. The van der Waals surface area contributed by atoms with E-state index in [1.807, 2.05) is 179 Å². The molecule has 0 bridgehead atoms. The number of aromatic nitrogens is 12. The van der Waals surface area contributed by atoms with Gasteiger partial charge < -0.3 is 18.3 Å². The number of rotatable bonds is 9. The van der Waals surface area contributed by atoms with Crippen molar-refractivity contribution in [1.82, 2.24) is 58.1 Å². The van der Waals surface area contributed by atoms with Crippen LogP contribution >= 0.6 is 0 Å². The first-order chi connectivity index (χ1) is 43.7. The normalized spacial score (nSPS) is 12.2. The van der Waals surface area contributed by atoms with Crippen LogP contribution in [0.4, 0.5) is 13.2 Å². The Bertz CT molecular complexity index is 5060. The zero-order valence-corrected chi connectivity index (χ0v) is 47.7. The van der Waals surface area contributed by atoms with Gasteiger partial charge in [-0.1, -0.05) is 86.6 Å². The molecule has 15 heteroatoms. The van der Waals surface area contributed by atoms with Crippen molar-refractivity contribution >= 4 is 87.2 Å². The average Bonchev–Trinajstić information content (AvgIpc) is 1.68. The summed E-state index contributed by atoms with van der Waals surface area (Å²) >= 11 is 0. The molecule has 0 amide bonds. The first kappa shape index (κ1) is 51.7. The average molecular weight is 1160 g/mol. The van der Waals surface area contributed by atoms with Gasteiger partial charge in [-0.05, 0) is 127 Å². The van der Waals surface area contributed by atoms with Gasteiger partial charge in [0.15, 0.2) is 23.3 Å². The van der Waals surface area contributed by atoms with Crippen LogP contribution in [-0.4, -0.2) is 58.1 Å². The van der Waals surface area contributed by atoms with E-state index < -0.39 is 17.7 Å². The highest BCUT2D eigenvalue weighted by Crippen LogP contribution is 2.55. The quantitative estimate of drug-likeness (QED) is 0.140. The largest absolute Gasteiger partial charge is 0.420 e. The van der Waals surface area contributed by atoms with E-state index in [1.54, 1.807) is 73.8 Å². The molecule has 0 aliphatic rings. The zero-order chi connectivity index (χ0) is 59.6. The van der Waals surface area contributed by atoms with Crippen LogP contribution in [0, 0.1) is 0 Å². The highest BCUT2D eigenvalue weighted by Gasteiger charge is 2.45. The van der Waals surface area contributed by atoms with Gasteiger partial charge in [0, 0.05) is 120 Å². The summed E-state index contributed by atoms with van der Waals surface area (Å²) in [6.45, 7) is 4.18. The maximum absolute atomic E-state index is 18.8. The second-order valence-electron chi connectivity index (χ2n) is 22.5. The molecule has 12 nitrogen and oxygen atoms in total. The summed E-state index contributed by atoms with van der Waals surface area (Å²) in [4.78, 5) is 37.4. The van der Waals surface area contributed by atoms with Crippen molar-refractivity contribution in [2.24, 2.45) is 0 Å². The standard InChI is InChI=1S/C74H47F3N12/c1-43(2)64-66(86-60-27-23-44(70-78-31-11-32-79-70)39-52(60)53-40-45(24-28-61(53)86)71-80-33-12-34-81-71)68(88-56-19-7-3-15-48(56)49-16-4-8-20-57(49)88)65(74(75,76)77)69(89-58-21-9-5-17-50(58)51-18-6-10-22-59(51)89)67(64)87-62-29-25-46(72-82-35-13-36-83-72)41-54(62)55-42-47(26-30-63(55)87)73-84-37-14-38-85-73/h3-43H,1-2H3. The van der Waals surface area contributed by atoms with Crippen molar-refractivity contribution in [3.8, 4) is 68.3 Å². The highest BCUT2D eigenvalue weighted by atomic mass is 19.4. The van der Waals surface area contributed by atoms with Crippen LogP contribution in [0.15, 0.2) is 244 Å². The Hall–Kier alpha value is -11.7. The molecule has 424 valence electrons. The maximum Gasteiger partial charge on any atom is 0.420 e. The molecule has 0 aliphatic heterocycles. The minimum Gasteiger partial charge on any atom is -0.307 e. The molecular weight excluding hydrogens is 1110 g/mol. The van der Waals surface area contributed by atoms with Gasteiger partial charge in [0.2, 0.25) is 0 Å². The molecule has 9 aromatic carbocycles. The van der Waals surface area contributed by atoms with Crippen LogP contribution in [0.5, 0.6) is 0 Å². The van der Waals surface area contributed by atoms with Crippen molar-refractivity contribution < 1.29 is 13.2 Å². The molecule has 0 aliphatic carbocycles. The van der Waals surface area contributed by atoms with Crippen LogP contribution in [0.25, 0.3) is 156 Å². The molecule has 0 N–H and O–H groups in total. The van der Waals surface area contributed by atoms with Gasteiger partial charge in [-0.15, -0.1) is 0 Å². The lowest BCUT2D eigenvalue weighted by Gasteiger charge is -2.32. The van der Waals surface area contributed by atoms with Crippen LogP contribution < -0.4 is 0 Å². The Balaban J connectivity index is 1.16. The van der Waals surface area contributed by atoms with Crippen molar-refractivity contribution in [3.63, 3.8) is 0 Å². The number of benzene rings is 9. The number of hydrogen-bond donors (Lipinski definition) is 0. The van der Waals surface area contributed by atoms with Gasteiger partial charge in [-0.25, -0.2) is 39.9 Å². The second kappa shape index (κ2) is 19.9. The van der Waals surface area contributed by atoms with Gasteiger partial charge >= 0.3 is 6.18 Å². The molecular formula is C74H47F3N12. The Morgan fingerprint density at radius 1 is 0.281 bits per heavy atom. The van der Waals surface area contributed by atoms with E-state index in [1.165, 1.54) is 0 Å². The van der Waals surface area contributed by atoms with E-state index in [9.17, 15) is 0 Å². The third kappa shape index (κ3) is 7.94. The lowest BCUT2D eigenvalue weighted by atomic mass is 9.91. The molecule has 17 aromatic rings. The predicted octanol–water partition coefficient (Wildman–Crippen LogP) is 18.0. The van der Waals surface area contributed by atoms with Gasteiger partial charge in [0.05, 0.1) is 66.9 Å². The van der Waals surface area contributed by atoms with Crippen molar-refractivity contribution in [1.29, 1.82) is 0 Å². The van der Waals surface area contributed by atoms with Gasteiger partial charge in [0.25, 0.3) is 0 Å². The smallest absolute Gasteiger partial charge is 0.307 e. The van der Waals surface area contributed by atoms with Crippen LogP contribution in [0.1, 0.15) is 30.9 Å². The minimum absolute atomic E-state index is 0.0447. The fraction of sp³-hybridized carbons (Fsp3) is 0.0541. The Morgan fingerprint density at radius 2 is 0.517 bits per heavy atom. The minimum atomic E-state index is -5.08. The van der Waals surface area contributed by atoms with E-state index in [4.69, 9.17) is 0 Å². The van der Waals surface area contributed by atoms with Gasteiger partial charge in [0.1, 0.15) is 5.56 Å². The van der Waals surface area contributed by atoms with Crippen LogP contribution in [0.3, 0.4) is 0 Å². The van der Waals surface area contributed by atoms with E-state index in [0.29, 0.717) is 84.4 Å². The highest BCUT2D eigenvalue weighted by molar-refractivity contribution is 6.17. The number of alkyl halides is 3. The van der Waals surface area contributed by atoms with Crippen molar-refractivity contribution in [3.05, 3.63) is 255 Å². The first-order valence-electron chi connectivity index (χ1n) is 29.2. The van der Waals surface area contributed by atoms with Gasteiger partial charge in [-0.3, -0.25) is 0 Å². The molecule has 0 saturated heterocycles. The number of hydrogen-bond acceptors (Lipinski definition) is 8. The van der Waals surface area contributed by atoms with E-state index >= 15 is 13.2 Å². The van der Waals surface area contributed by atoms with E-state index in [-0.39, 0.29) is 11.4 Å². The number of para-hydroxylation sites is 4. The summed E-state index contributed by atoms with van der Waals surface area (Å²) in [6.07, 6.45) is 8.54. The SMILES string of the molecule is CC(C)c1c(-n2c3ccc(-c4ncccn4)cc3c3cc(-c4ncccn4)ccc32)c(-n2c3ccccc3c3ccccc32)c(C(F)(F)F)c(-n2c3ccccc3c3ccccc32)c1-n1c2ccc(-c3ncccn3)cc2c2cc(-c3ncccn3)ccc21. The monoisotopic (exact) mass is 1160 g/mol. The number of nitrogens with zero attached hydrogens (tertiary/aromatic N) is 12. The molecule has 8 heterocycles. The molecule has 0 unspecified atom stereocenters. The summed E-state index contributed by atoms with van der Waals surface area (Å²) in [5.74, 6) is 1.50. The first-order valence-corrected chi connectivity index (χ1v) is 29.2. The second-order valence-corrected chi connectivity index (χ2v) is 22.5. The molecule has 17 rings (SSSR count). The topological polar surface area (TPSA) is 123 Å². The Morgan fingerprint density at radius 3 is 0.764 bits per heavy atom. The fourth-order valence-electron chi connectivity index (χ4n) is 13.6. The lowest BCUT2D eigenvalue weighted by Crippen LogP contribution is -2.23. The molecule has 0 saturated carbocycles. The van der Waals surface area contributed by atoms with Crippen LogP contribution in [-0.2, 0) is 6.18 Å². The summed E-state index contributed by atoms with van der Waals surface area (Å²) in [7, 11) is 0. The lowest BCUT2D eigenvalue weighted by molar-refractivity contribution is -0.137. The van der Waals surface area contributed by atoms with Gasteiger partial charge in [-0.2, -0.15) is 13.2 Å². The number of fused-ring (bicyclic) bond motifs is 12. The number of halogens is 3. The molecule has 0 radical (unpaired) electrons. The van der Waals surface area contributed by atoms with Crippen molar-refractivity contribution in [2.45, 2.75) is 25.9 Å². The third-order valence-electron chi connectivity index (χ3n) is 17.2. The van der Waals surface area contributed by atoms with Crippen LogP contribution in [0.2, 0.25) is 0 Å². The summed E-state index contributed by atoms with van der Waals surface area (Å²) in [5, 5.41) is 6.25. The Kier molecular flexibility index (Phi) is 11.6. The van der Waals surface area contributed by atoms with E-state index in [0.717, 1.165) is 65.3 Å².